The highest BCUT2D eigenvalue weighted by molar-refractivity contribution is 5.81. The SMILES string of the molecule is O=C(Cc1ccc(F)cc1)CC1CCCN1. The van der Waals surface area contributed by atoms with Gasteiger partial charge in [0.15, 0.2) is 0 Å². The van der Waals surface area contributed by atoms with Crippen LogP contribution in [0.15, 0.2) is 24.3 Å². The average molecular weight is 221 g/mol. The standard InChI is InChI=1S/C13H16FNO/c14-11-5-3-10(4-6-11)8-13(16)9-12-2-1-7-15-12/h3-6,12,15H,1-2,7-9H2. The van der Waals surface area contributed by atoms with Crippen molar-refractivity contribution in [3.05, 3.63) is 35.6 Å². The highest BCUT2D eigenvalue weighted by Crippen LogP contribution is 2.11. The highest BCUT2D eigenvalue weighted by atomic mass is 19.1. The molecule has 1 unspecified atom stereocenters. The van der Waals surface area contributed by atoms with Gasteiger partial charge in [-0.05, 0) is 37.1 Å². The lowest BCUT2D eigenvalue weighted by atomic mass is 10.0. The second kappa shape index (κ2) is 5.21. The Morgan fingerprint density at radius 3 is 2.75 bits per heavy atom. The van der Waals surface area contributed by atoms with Crippen molar-refractivity contribution in [3.8, 4) is 0 Å². The molecule has 16 heavy (non-hydrogen) atoms. The highest BCUT2D eigenvalue weighted by Gasteiger charge is 2.17. The maximum atomic E-state index is 12.7. The quantitative estimate of drug-likeness (QED) is 0.843. The molecule has 0 radical (unpaired) electrons. The summed E-state index contributed by atoms with van der Waals surface area (Å²) in [6.07, 6.45) is 3.26. The molecule has 0 spiro atoms. The maximum Gasteiger partial charge on any atom is 0.138 e. The lowest BCUT2D eigenvalue weighted by Crippen LogP contribution is -2.25. The van der Waals surface area contributed by atoms with Crippen molar-refractivity contribution in [2.24, 2.45) is 0 Å². The van der Waals surface area contributed by atoms with Gasteiger partial charge in [0.25, 0.3) is 0 Å². The Hall–Kier alpha value is -1.22. The third-order valence-electron chi connectivity index (χ3n) is 2.95. The summed E-state index contributed by atoms with van der Waals surface area (Å²) < 4.78 is 12.7. The Kier molecular flexibility index (Phi) is 3.67. The van der Waals surface area contributed by atoms with Crippen molar-refractivity contribution in [3.63, 3.8) is 0 Å². The fraction of sp³-hybridized carbons (Fsp3) is 0.462. The number of carbonyl (C=O) groups is 1. The minimum absolute atomic E-state index is 0.228. The molecule has 0 saturated carbocycles. The van der Waals surface area contributed by atoms with Gasteiger partial charge in [-0.15, -0.1) is 0 Å². The van der Waals surface area contributed by atoms with Gasteiger partial charge in [-0.3, -0.25) is 4.79 Å². The van der Waals surface area contributed by atoms with Crippen LogP contribution in [0, 0.1) is 5.82 Å². The molecular formula is C13H16FNO. The van der Waals surface area contributed by atoms with Gasteiger partial charge in [-0.1, -0.05) is 12.1 Å². The van der Waals surface area contributed by atoms with Crippen molar-refractivity contribution < 1.29 is 9.18 Å². The fourth-order valence-electron chi connectivity index (χ4n) is 2.11. The lowest BCUT2D eigenvalue weighted by Gasteiger charge is -2.08. The van der Waals surface area contributed by atoms with Crippen LogP contribution in [0.3, 0.4) is 0 Å². The molecule has 0 aromatic heterocycles. The number of nitrogens with one attached hydrogen (secondary N) is 1. The first-order valence-corrected chi connectivity index (χ1v) is 5.73. The van der Waals surface area contributed by atoms with Gasteiger partial charge >= 0.3 is 0 Å². The molecular weight excluding hydrogens is 205 g/mol. The van der Waals surface area contributed by atoms with Gasteiger partial charge in [0.05, 0.1) is 0 Å². The molecule has 1 heterocycles. The summed E-state index contributed by atoms with van der Waals surface area (Å²) in [5.41, 5.74) is 0.893. The number of ketones is 1. The van der Waals surface area contributed by atoms with E-state index in [1.807, 2.05) is 0 Å². The van der Waals surface area contributed by atoms with Gasteiger partial charge in [0.1, 0.15) is 11.6 Å². The van der Waals surface area contributed by atoms with Crippen molar-refractivity contribution >= 4 is 5.78 Å². The van der Waals surface area contributed by atoms with E-state index in [1.165, 1.54) is 12.1 Å². The molecule has 1 aromatic rings. The summed E-state index contributed by atoms with van der Waals surface area (Å²) in [5, 5.41) is 3.30. The third-order valence-corrected chi connectivity index (χ3v) is 2.95. The van der Waals surface area contributed by atoms with Crippen LogP contribution >= 0.6 is 0 Å². The fourth-order valence-corrected chi connectivity index (χ4v) is 2.11. The molecule has 2 rings (SSSR count). The number of benzene rings is 1. The zero-order valence-electron chi connectivity index (χ0n) is 9.21. The Labute approximate surface area is 94.9 Å². The van der Waals surface area contributed by atoms with Gasteiger partial charge in [0, 0.05) is 18.9 Å². The lowest BCUT2D eigenvalue weighted by molar-refractivity contribution is -0.118. The molecule has 0 aliphatic carbocycles. The Morgan fingerprint density at radius 2 is 2.12 bits per heavy atom. The van der Waals surface area contributed by atoms with Crippen LogP contribution in [0.5, 0.6) is 0 Å². The predicted octanol–water partition coefficient (Wildman–Crippen LogP) is 2.08. The van der Waals surface area contributed by atoms with Crippen LogP contribution in [0.25, 0.3) is 0 Å². The second-order valence-corrected chi connectivity index (χ2v) is 4.34. The molecule has 1 atom stereocenters. The first kappa shape index (κ1) is 11.3. The van der Waals surface area contributed by atoms with Crippen molar-refractivity contribution in [2.75, 3.05) is 6.54 Å². The normalized spacial score (nSPS) is 19.9. The zero-order valence-corrected chi connectivity index (χ0v) is 9.21. The maximum absolute atomic E-state index is 12.7. The smallest absolute Gasteiger partial charge is 0.138 e. The van der Waals surface area contributed by atoms with Crippen LogP contribution in [-0.4, -0.2) is 18.4 Å². The number of hydrogen-bond acceptors (Lipinski definition) is 2. The molecule has 1 aromatic carbocycles. The number of Topliss-reactive ketones (excluding diaryl/α,β-unsaturated/α-hetero) is 1. The van der Waals surface area contributed by atoms with Gasteiger partial charge in [-0.25, -0.2) is 4.39 Å². The van der Waals surface area contributed by atoms with E-state index in [1.54, 1.807) is 12.1 Å². The number of carbonyl (C=O) groups excluding carboxylic acids is 1. The van der Waals surface area contributed by atoms with E-state index in [2.05, 4.69) is 5.32 Å². The predicted molar refractivity (Wildman–Crippen MR) is 60.8 cm³/mol. The Balaban J connectivity index is 1.84. The Bertz CT molecular complexity index is 355. The largest absolute Gasteiger partial charge is 0.314 e. The van der Waals surface area contributed by atoms with E-state index in [0.29, 0.717) is 18.9 Å². The van der Waals surface area contributed by atoms with E-state index in [9.17, 15) is 9.18 Å². The summed E-state index contributed by atoms with van der Waals surface area (Å²) in [7, 11) is 0. The summed E-state index contributed by atoms with van der Waals surface area (Å²) in [4.78, 5) is 11.7. The molecule has 0 bridgehead atoms. The molecule has 1 saturated heterocycles. The molecule has 1 fully saturated rings. The topological polar surface area (TPSA) is 29.1 Å². The molecule has 1 N–H and O–H groups in total. The molecule has 0 amide bonds. The van der Waals surface area contributed by atoms with E-state index in [4.69, 9.17) is 0 Å². The number of hydrogen-bond donors (Lipinski definition) is 1. The Morgan fingerprint density at radius 1 is 1.38 bits per heavy atom. The van der Waals surface area contributed by atoms with Crippen molar-refractivity contribution in [1.82, 2.24) is 5.32 Å². The second-order valence-electron chi connectivity index (χ2n) is 4.34. The molecule has 2 nitrogen and oxygen atoms in total. The summed E-state index contributed by atoms with van der Waals surface area (Å²) in [6, 6.07) is 6.50. The number of halogens is 1. The number of rotatable bonds is 4. The molecule has 1 aliphatic rings. The average Bonchev–Trinajstić information content (AvgIpc) is 2.74. The van der Waals surface area contributed by atoms with Gasteiger partial charge in [-0.2, -0.15) is 0 Å². The first-order valence-electron chi connectivity index (χ1n) is 5.73. The van der Waals surface area contributed by atoms with E-state index in [-0.39, 0.29) is 11.6 Å². The summed E-state index contributed by atoms with van der Waals surface area (Å²) in [6.45, 7) is 1.02. The van der Waals surface area contributed by atoms with Gasteiger partial charge < -0.3 is 5.32 Å². The van der Waals surface area contributed by atoms with Gasteiger partial charge in [0.2, 0.25) is 0 Å². The minimum Gasteiger partial charge on any atom is -0.314 e. The van der Waals surface area contributed by atoms with E-state index < -0.39 is 0 Å². The van der Waals surface area contributed by atoms with E-state index >= 15 is 0 Å². The molecule has 1 aliphatic heterocycles. The minimum atomic E-state index is -0.256. The summed E-state index contributed by atoms with van der Waals surface area (Å²) >= 11 is 0. The van der Waals surface area contributed by atoms with Crippen molar-refractivity contribution in [2.45, 2.75) is 31.7 Å². The van der Waals surface area contributed by atoms with E-state index in [0.717, 1.165) is 24.9 Å². The van der Waals surface area contributed by atoms with Crippen LogP contribution in [0.4, 0.5) is 4.39 Å². The monoisotopic (exact) mass is 221 g/mol. The summed E-state index contributed by atoms with van der Waals surface area (Å²) in [5.74, 6) is -0.0281. The first-order chi connectivity index (χ1) is 7.74. The van der Waals surface area contributed by atoms with Crippen LogP contribution in [0.2, 0.25) is 0 Å². The van der Waals surface area contributed by atoms with Crippen LogP contribution in [-0.2, 0) is 11.2 Å². The molecule has 3 heteroatoms. The zero-order chi connectivity index (χ0) is 11.4. The van der Waals surface area contributed by atoms with Crippen molar-refractivity contribution in [1.29, 1.82) is 0 Å². The van der Waals surface area contributed by atoms with Crippen LogP contribution in [0.1, 0.15) is 24.8 Å². The van der Waals surface area contributed by atoms with Crippen LogP contribution < -0.4 is 5.32 Å². The molecule has 86 valence electrons. The third kappa shape index (κ3) is 3.14.